The van der Waals surface area contributed by atoms with Gasteiger partial charge in [0, 0.05) is 30.9 Å². The van der Waals surface area contributed by atoms with Crippen LogP contribution in [-0.2, 0) is 0 Å². The number of halogens is 1. The monoisotopic (exact) mass is 426 g/mol. The Morgan fingerprint density at radius 1 is 1.10 bits per heavy atom. The standard InChI is InChI=1S/C22H27FN6S/c1-28(2)16-7-10-29(11-8-16)19-6-5-15(13-17(19)23)25-22-26-18-9-12-30-20(18)21(27-22)24-14-3-4-14/h5-6,9,12-14,16H,3-4,7-8,10-11H2,1-2H3,(H2,24,25,26,27). The first kappa shape index (κ1) is 19.5. The summed E-state index contributed by atoms with van der Waals surface area (Å²) in [7, 11) is 4.23. The summed E-state index contributed by atoms with van der Waals surface area (Å²) in [6.07, 6.45) is 4.46. The van der Waals surface area contributed by atoms with E-state index in [1.165, 1.54) is 12.8 Å². The van der Waals surface area contributed by atoms with Gasteiger partial charge in [-0.25, -0.2) is 9.37 Å². The minimum Gasteiger partial charge on any atom is -0.369 e. The molecule has 2 N–H and O–H groups in total. The van der Waals surface area contributed by atoms with Crippen molar-refractivity contribution < 1.29 is 4.39 Å². The molecular weight excluding hydrogens is 399 g/mol. The highest BCUT2D eigenvalue weighted by Gasteiger charge is 2.24. The van der Waals surface area contributed by atoms with Crippen LogP contribution in [0.2, 0.25) is 0 Å². The van der Waals surface area contributed by atoms with Crippen molar-refractivity contribution in [2.75, 3.05) is 42.7 Å². The molecule has 0 bridgehead atoms. The van der Waals surface area contributed by atoms with Gasteiger partial charge in [-0.2, -0.15) is 4.98 Å². The molecule has 1 aliphatic heterocycles. The molecule has 0 amide bonds. The van der Waals surface area contributed by atoms with Gasteiger partial charge in [0.1, 0.15) is 11.6 Å². The average molecular weight is 427 g/mol. The normalized spacial score (nSPS) is 17.7. The molecule has 3 heterocycles. The van der Waals surface area contributed by atoms with E-state index in [1.54, 1.807) is 17.4 Å². The summed E-state index contributed by atoms with van der Waals surface area (Å²) in [5, 5.41) is 8.69. The highest BCUT2D eigenvalue weighted by Crippen LogP contribution is 2.33. The first-order valence-electron chi connectivity index (χ1n) is 10.6. The number of anilines is 4. The molecule has 0 unspecified atom stereocenters. The summed E-state index contributed by atoms with van der Waals surface area (Å²) in [5.41, 5.74) is 2.23. The molecule has 2 fully saturated rings. The zero-order chi connectivity index (χ0) is 20.7. The summed E-state index contributed by atoms with van der Waals surface area (Å²) in [6.45, 7) is 1.75. The third-order valence-corrected chi connectivity index (χ3v) is 6.87. The molecule has 8 heteroatoms. The van der Waals surface area contributed by atoms with Crippen LogP contribution in [0.5, 0.6) is 0 Å². The number of fused-ring (bicyclic) bond motifs is 1. The number of nitrogens with one attached hydrogen (secondary N) is 2. The molecule has 1 aromatic carbocycles. The summed E-state index contributed by atoms with van der Waals surface area (Å²) in [4.78, 5) is 13.7. The lowest BCUT2D eigenvalue weighted by Crippen LogP contribution is -2.42. The second kappa shape index (κ2) is 8.00. The van der Waals surface area contributed by atoms with E-state index < -0.39 is 0 Å². The SMILES string of the molecule is CN(C)C1CCN(c2ccc(Nc3nc(NC4CC4)c4sccc4n3)cc2F)CC1. The molecular formula is C22H27FN6S. The summed E-state index contributed by atoms with van der Waals surface area (Å²) < 4.78 is 16.0. The van der Waals surface area contributed by atoms with Crippen LogP contribution in [0.3, 0.4) is 0 Å². The van der Waals surface area contributed by atoms with Crippen LogP contribution in [-0.4, -0.2) is 54.1 Å². The van der Waals surface area contributed by atoms with Gasteiger partial charge >= 0.3 is 0 Å². The van der Waals surface area contributed by atoms with E-state index in [4.69, 9.17) is 0 Å². The third-order valence-electron chi connectivity index (χ3n) is 5.96. The van der Waals surface area contributed by atoms with Gasteiger partial charge in [-0.05, 0) is 69.4 Å². The van der Waals surface area contributed by atoms with Crippen LogP contribution in [0.25, 0.3) is 10.2 Å². The second-order valence-electron chi connectivity index (χ2n) is 8.42. The molecule has 3 aromatic rings. The van der Waals surface area contributed by atoms with E-state index in [2.05, 4.69) is 44.5 Å². The Hall–Kier alpha value is -2.45. The molecule has 30 heavy (non-hydrogen) atoms. The van der Waals surface area contributed by atoms with Crippen molar-refractivity contribution in [3.8, 4) is 0 Å². The van der Waals surface area contributed by atoms with E-state index in [0.717, 1.165) is 42.0 Å². The van der Waals surface area contributed by atoms with Crippen LogP contribution in [0.15, 0.2) is 29.6 Å². The van der Waals surface area contributed by atoms with Crippen LogP contribution in [0.1, 0.15) is 25.7 Å². The van der Waals surface area contributed by atoms with Crippen LogP contribution < -0.4 is 15.5 Å². The second-order valence-corrected chi connectivity index (χ2v) is 9.34. The van der Waals surface area contributed by atoms with Gasteiger partial charge in [-0.1, -0.05) is 0 Å². The number of hydrogen-bond acceptors (Lipinski definition) is 7. The Kier molecular flexibility index (Phi) is 5.20. The lowest BCUT2D eigenvalue weighted by Gasteiger charge is -2.36. The molecule has 6 nitrogen and oxygen atoms in total. The number of aromatic nitrogens is 2. The Balaban J connectivity index is 1.33. The lowest BCUT2D eigenvalue weighted by molar-refractivity contribution is 0.249. The van der Waals surface area contributed by atoms with E-state index in [1.807, 2.05) is 23.6 Å². The highest BCUT2D eigenvalue weighted by atomic mass is 32.1. The van der Waals surface area contributed by atoms with Gasteiger partial charge in [0.05, 0.1) is 15.9 Å². The number of hydrogen-bond donors (Lipinski definition) is 2. The minimum absolute atomic E-state index is 0.212. The number of rotatable bonds is 6. The average Bonchev–Trinajstić information content (AvgIpc) is 3.41. The molecule has 2 aromatic heterocycles. The summed E-state index contributed by atoms with van der Waals surface area (Å²) in [5.74, 6) is 1.14. The van der Waals surface area contributed by atoms with E-state index >= 15 is 0 Å². The molecule has 5 rings (SSSR count). The van der Waals surface area contributed by atoms with Crippen molar-refractivity contribution in [2.24, 2.45) is 0 Å². The van der Waals surface area contributed by atoms with Gasteiger partial charge in [0.2, 0.25) is 5.95 Å². The molecule has 1 saturated carbocycles. The number of nitrogens with zero attached hydrogens (tertiary/aromatic N) is 4. The zero-order valence-corrected chi connectivity index (χ0v) is 18.2. The molecule has 1 aliphatic carbocycles. The molecule has 2 aliphatic rings. The maximum Gasteiger partial charge on any atom is 0.229 e. The van der Waals surface area contributed by atoms with Crippen LogP contribution >= 0.6 is 11.3 Å². The Bertz CT molecular complexity index is 1040. The molecule has 158 valence electrons. The topological polar surface area (TPSA) is 56.3 Å². The van der Waals surface area contributed by atoms with E-state index in [-0.39, 0.29) is 5.82 Å². The van der Waals surface area contributed by atoms with Crippen molar-refractivity contribution >= 4 is 44.7 Å². The number of thiophene rings is 1. The molecule has 0 radical (unpaired) electrons. The third kappa shape index (κ3) is 4.06. The fourth-order valence-electron chi connectivity index (χ4n) is 4.03. The minimum atomic E-state index is -0.212. The zero-order valence-electron chi connectivity index (χ0n) is 17.4. The molecule has 1 saturated heterocycles. The predicted octanol–water partition coefficient (Wildman–Crippen LogP) is 4.68. The van der Waals surface area contributed by atoms with E-state index in [9.17, 15) is 4.39 Å². The largest absolute Gasteiger partial charge is 0.369 e. The van der Waals surface area contributed by atoms with Crippen molar-refractivity contribution in [2.45, 2.75) is 37.8 Å². The van der Waals surface area contributed by atoms with E-state index in [0.29, 0.717) is 29.4 Å². The van der Waals surface area contributed by atoms with Crippen molar-refractivity contribution in [1.29, 1.82) is 0 Å². The Morgan fingerprint density at radius 3 is 2.60 bits per heavy atom. The molecule has 0 atom stereocenters. The maximum atomic E-state index is 14.9. The van der Waals surface area contributed by atoms with Crippen molar-refractivity contribution in [3.63, 3.8) is 0 Å². The highest BCUT2D eigenvalue weighted by molar-refractivity contribution is 7.17. The number of piperidine rings is 1. The predicted molar refractivity (Wildman–Crippen MR) is 123 cm³/mol. The van der Waals surface area contributed by atoms with Crippen LogP contribution in [0.4, 0.5) is 27.5 Å². The number of benzene rings is 1. The van der Waals surface area contributed by atoms with Gasteiger partial charge in [0.25, 0.3) is 0 Å². The quantitative estimate of drug-likeness (QED) is 0.597. The summed E-state index contributed by atoms with van der Waals surface area (Å²) >= 11 is 1.64. The van der Waals surface area contributed by atoms with Gasteiger partial charge in [-0.15, -0.1) is 11.3 Å². The summed E-state index contributed by atoms with van der Waals surface area (Å²) in [6, 6.07) is 8.39. The first-order chi connectivity index (χ1) is 14.6. The van der Waals surface area contributed by atoms with Gasteiger partial charge < -0.3 is 20.4 Å². The lowest BCUT2D eigenvalue weighted by atomic mass is 10.0. The van der Waals surface area contributed by atoms with Crippen LogP contribution in [0, 0.1) is 5.82 Å². The van der Waals surface area contributed by atoms with Gasteiger partial charge in [0.15, 0.2) is 0 Å². The smallest absolute Gasteiger partial charge is 0.229 e. The Labute approximate surface area is 180 Å². The van der Waals surface area contributed by atoms with Crippen molar-refractivity contribution in [3.05, 3.63) is 35.5 Å². The van der Waals surface area contributed by atoms with Crippen molar-refractivity contribution in [1.82, 2.24) is 14.9 Å². The van der Waals surface area contributed by atoms with Gasteiger partial charge in [-0.3, -0.25) is 0 Å². The fraction of sp³-hybridized carbons (Fsp3) is 0.455. The Morgan fingerprint density at radius 2 is 1.90 bits per heavy atom. The maximum absolute atomic E-state index is 14.9. The first-order valence-corrected chi connectivity index (χ1v) is 11.4. The fourth-order valence-corrected chi connectivity index (χ4v) is 4.82. The molecule has 0 spiro atoms.